The number of hydrogen-bond donors (Lipinski definition) is 1. The van der Waals surface area contributed by atoms with Crippen LogP contribution in [0.15, 0.2) is 40.5 Å². The van der Waals surface area contributed by atoms with E-state index in [0.29, 0.717) is 36.8 Å². The van der Waals surface area contributed by atoms with Gasteiger partial charge >= 0.3 is 0 Å². The minimum absolute atomic E-state index is 0.0978. The Kier molecular flexibility index (Phi) is 5.61. The van der Waals surface area contributed by atoms with E-state index in [2.05, 4.69) is 15.5 Å². The number of oxime groups is 1. The molecule has 8 nitrogen and oxygen atoms in total. The summed E-state index contributed by atoms with van der Waals surface area (Å²) in [4.78, 5) is 22.3. The quantitative estimate of drug-likeness (QED) is 0.531. The SMILES string of the molecule is O=C(Nc1nccs1)/C(=N/O[C@@H]1CCOC1)C1=CCC(S(=O)(=O)C2CC2)C=C1. The molecule has 1 unspecified atom stereocenters. The first kappa shape index (κ1) is 19.3. The molecule has 1 N–H and O–H groups in total. The summed E-state index contributed by atoms with van der Waals surface area (Å²) in [5.41, 5.74) is 0.635. The number of allylic oxidation sites excluding steroid dienone is 2. The van der Waals surface area contributed by atoms with Gasteiger partial charge in [-0.3, -0.25) is 10.1 Å². The van der Waals surface area contributed by atoms with Gasteiger partial charge in [0.25, 0.3) is 5.91 Å². The number of carbonyl (C=O) groups excluding carboxylic acids is 1. The van der Waals surface area contributed by atoms with Crippen LogP contribution in [0, 0.1) is 0 Å². The number of thiazole rings is 1. The second-order valence-electron chi connectivity index (χ2n) is 6.90. The highest BCUT2D eigenvalue weighted by Crippen LogP contribution is 2.34. The van der Waals surface area contributed by atoms with Gasteiger partial charge in [0.05, 0.1) is 23.7 Å². The Hall–Kier alpha value is -2.04. The standard InChI is InChI=1S/C18H21N3O5S2/c22-17(20-18-19-8-10-27-18)16(21-26-13-7-9-25-11-13)12-1-3-14(4-2-12)28(23,24)15-5-6-15/h1-3,8,10,13-15H,4-7,9,11H2,(H,19,20,22)/b21-16+/t13-,14?/m1/s1. The molecule has 2 aliphatic carbocycles. The number of ether oxygens (including phenoxy) is 1. The molecule has 0 radical (unpaired) electrons. The average molecular weight is 424 g/mol. The van der Waals surface area contributed by atoms with Gasteiger partial charge in [0.1, 0.15) is 0 Å². The zero-order valence-electron chi connectivity index (χ0n) is 15.1. The molecule has 1 amide bonds. The van der Waals surface area contributed by atoms with Gasteiger partial charge in [-0.15, -0.1) is 11.3 Å². The Morgan fingerprint density at radius 3 is 2.82 bits per heavy atom. The van der Waals surface area contributed by atoms with Crippen molar-refractivity contribution in [2.45, 2.75) is 42.3 Å². The summed E-state index contributed by atoms with van der Waals surface area (Å²) in [5.74, 6) is -0.451. The Labute approximate surface area is 167 Å². The molecule has 3 aliphatic rings. The van der Waals surface area contributed by atoms with Crippen LogP contribution in [0.25, 0.3) is 0 Å². The monoisotopic (exact) mass is 423 g/mol. The van der Waals surface area contributed by atoms with Crippen LogP contribution in [0.1, 0.15) is 25.7 Å². The van der Waals surface area contributed by atoms with E-state index in [9.17, 15) is 13.2 Å². The minimum atomic E-state index is -3.15. The predicted molar refractivity (Wildman–Crippen MR) is 106 cm³/mol. The molecule has 1 saturated carbocycles. The van der Waals surface area contributed by atoms with Gasteiger partial charge in [0, 0.05) is 23.6 Å². The molecule has 0 bridgehead atoms. The number of rotatable bonds is 7. The van der Waals surface area contributed by atoms with Gasteiger partial charge in [-0.25, -0.2) is 13.4 Å². The molecule has 28 heavy (non-hydrogen) atoms. The second kappa shape index (κ2) is 8.14. The van der Waals surface area contributed by atoms with Gasteiger partial charge in [-0.1, -0.05) is 23.4 Å². The van der Waals surface area contributed by atoms with Gasteiger partial charge < -0.3 is 9.57 Å². The summed E-state index contributed by atoms with van der Waals surface area (Å²) in [7, 11) is -3.15. The lowest BCUT2D eigenvalue weighted by atomic mass is 10.0. The molecular weight excluding hydrogens is 402 g/mol. The molecular formula is C18H21N3O5S2. The zero-order valence-corrected chi connectivity index (χ0v) is 16.7. The molecule has 150 valence electrons. The van der Waals surface area contributed by atoms with E-state index in [1.807, 2.05) is 0 Å². The Morgan fingerprint density at radius 1 is 1.36 bits per heavy atom. The van der Waals surface area contributed by atoms with E-state index in [0.717, 1.165) is 12.8 Å². The number of carbonyl (C=O) groups is 1. The van der Waals surface area contributed by atoms with Crippen LogP contribution < -0.4 is 5.32 Å². The topological polar surface area (TPSA) is 107 Å². The van der Waals surface area contributed by atoms with Crippen LogP contribution in [-0.2, 0) is 24.2 Å². The zero-order chi connectivity index (χ0) is 19.6. The first-order valence-electron chi connectivity index (χ1n) is 9.18. The number of amides is 1. The average Bonchev–Trinajstić information content (AvgIpc) is 3.20. The second-order valence-corrected chi connectivity index (χ2v) is 10.2. The third-order valence-corrected chi connectivity index (χ3v) is 8.08. The van der Waals surface area contributed by atoms with Crippen molar-refractivity contribution in [1.82, 2.24) is 4.98 Å². The Balaban J connectivity index is 1.51. The lowest BCUT2D eigenvalue weighted by molar-refractivity contribution is -0.110. The minimum Gasteiger partial charge on any atom is -0.389 e. The maximum Gasteiger partial charge on any atom is 0.280 e. The number of nitrogens with one attached hydrogen (secondary N) is 1. The van der Waals surface area contributed by atoms with Crippen LogP contribution in [-0.4, -0.2) is 54.8 Å². The fraction of sp³-hybridized carbons (Fsp3) is 0.500. The molecule has 2 heterocycles. The molecule has 2 fully saturated rings. The van der Waals surface area contributed by atoms with Crippen LogP contribution in [0.2, 0.25) is 0 Å². The van der Waals surface area contributed by atoms with Gasteiger partial charge in [0.2, 0.25) is 0 Å². The highest BCUT2D eigenvalue weighted by Gasteiger charge is 2.40. The van der Waals surface area contributed by atoms with Crippen molar-refractivity contribution in [2.24, 2.45) is 5.16 Å². The molecule has 4 rings (SSSR count). The van der Waals surface area contributed by atoms with Crippen molar-refractivity contribution >= 4 is 37.9 Å². The van der Waals surface area contributed by atoms with E-state index in [-0.39, 0.29) is 17.1 Å². The van der Waals surface area contributed by atoms with Gasteiger partial charge in [-0.2, -0.15) is 0 Å². The summed E-state index contributed by atoms with van der Waals surface area (Å²) in [6.45, 7) is 1.03. The van der Waals surface area contributed by atoms with E-state index < -0.39 is 21.0 Å². The Bertz CT molecular complexity index is 911. The number of aromatic nitrogens is 1. The molecule has 0 spiro atoms. The summed E-state index contributed by atoms with van der Waals surface area (Å²) >= 11 is 1.30. The summed E-state index contributed by atoms with van der Waals surface area (Å²) < 4.78 is 30.1. The van der Waals surface area contributed by atoms with E-state index in [1.54, 1.807) is 29.8 Å². The van der Waals surface area contributed by atoms with Crippen molar-refractivity contribution in [3.8, 4) is 0 Å². The molecule has 2 atom stereocenters. The highest BCUT2D eigenvalue weighted by molar-refractivity contribution is 7.93. The smallest absolute Gasteiger partial charge is 0.280 e. The third kappa shape index (κ3) is 4.34. The normalized spacial score (nSPS) is 25.4. The molecule has 1 saturated heterocycles. The molecule has 1 aromatic rings. The van der Waals surface area contributed by atoms with E-state index in [4.69, 9.17) is 9.57 Å². The van der Waals surface area contributed by atoms with Crippen LogP contribution >= 0.6 is 11.3 Å². The molecule has 0 aromatic carbocycles. The van der Waals surface area contributed by atoms with Gasteiger partial charge in [0.15, 0.2) is 26.8 Å². The number of hydrogen-bond acceptors (Lipinski definition) is 8. The Morgan fingerprint density at radius 2 is 2.21 bits per heavy atom. The number of anilines is 1. The third-order valence-electron chi connectivity index (χ3n) is 4.79. The van der Waals surface area contributed by atoms with Crippen molar-refractivity contribution in [1.29, 1.82) is 0 Å². The van der Waals surface area contributed by atoms with Crippen molar-refractivity contribution in [3.05, 3.63) is 35.4 Å². The van der Waals surface area contributed by atoms with Crippen LogP contribution in [0.4, 0.5) is 5.13 Å². The highest BCUT2D eigenvalue weighted by atomic mass is 32.2. The first-order valence-corrected chi connectivity index (χ1v) is 11.7. The number of nitrogens with zero attached hydrogens (tertiary/aromatic N) is 2. The maximum absolute atomic E-state index is 12.7. The molecule has 1 aromatic heterocycles. The molecule has 10 heteroatoms. The summed E-state index contributed by atoms with van der Waals surface area (Å²) in [6.07, 6.45) is 8.93. The summed E-state index contributed by atoms with van der Waals surface area (Å²) in [5, 5.41) is 8.22. The largest absolute Gasteiger partial charge is 0.389 e. The first-order chi connectivity index (χ1) is 13.5. The molecule has 1 aliphatic heterocycles. The lowest BCUT2D eigenvalue weighted by Crippen LogP contribution is -2.28. The fourth-order valence-electron chi connectivity index (χ4n) is 3.05. The van der Waals surface area contributed by atoms with E-state index in [1.165, 1.54) is 11.3 Å². The van der Waals surface area contributed by atoms with Crippen LogP contribution in [0.3, 0.4) is 0 Å². The maximum atomic E-state index is 12.7. The van der Waals surface area contributed by atoms with Crippen molar-refractivity contribution in [2.75, 3.05) is 18.5 Å². The lowest BCUT2D eigenvalue weighted by Gasteiger charge is -2.17. The van der Waals surface area contributed by atoms with Gasteiger partial charge in [-0.05, 0) is 19.3 Å². The van der Waals surface area contributed by atoms with Crippen molar-refractivity contribution < 1.29 is 22.8 Å². The summed E-state index contributed by atoms with van der Waals surface area (Å²) in [6, 6.07) is 0. The van der Waals surface area contributed by atoms with E-state index >= 15 is 0 Å². The van der Waals surface area contributed by atoms with Crippen molar-refractivity contribution in [3.63, 3.8) is 0 Å². The number of sulfone groups is 1. The predicted octanol–water partition coefficient (Wildman–Crippen LogP) is 2.08. The van der Waals surface area contributed by atoms with Crippen LogP contribution in [0.5, 0.6) is 0 Å². The fourth-order valence-corrected chi connectivity index (χ4v) is 5.53.